The summed E-state index contributed by atoms with van der Waals surface area (Å²) >= 11 is 0. The van der Waals surface area contributed by atoms with Gasteiger partial charge in [0, 0.05) is 11.6 Å². The maximum Gasteiger partial charge on any atom is 0.237 e. The normalized spacial score (nSPS) is 19.7. The van der Waals surface area contributed by atoms with Gasteiger partial charge in [0.05, 0.1) is 26.3 Å². The van der Waals surface area contributed by atoms with Gasteiger partial charge in [0.25, 0.3) is 0 Å². The van der Waals surface area contributed by atoms with Crippen molar-refractivity contribution in [3.8, 4) is 11.5 Å². The van der Waals surface area contributed by atoms with Crippen LogP contribution in [-0.2, 0) is 4.79 Å². The Morgan fingerprint density at radius 1 is 1.33 bits per heavy atom. The predicted octanol–water partition coefficient (Wildman–Crippen LogP) is 2.02. The van der Waals surface area contributed by atoms with Crippen molar-refractivity contribution < 1.29 is 14.3 Å². The average molecular weight is 292 g/mol. The molecule has 2 atom stereocenters. The molecule has 1 aliphatic heterocycles. The third-order valence-electron chi connectivity index (χ3n) is 3.89. The number of methoxy groups -OCH3 is 2. The van der Waals surface area contributed by atoms with Gasteiger partial charge >= 0.3 is 0 Å². The molecule has 1 saturated heterocycles. The van der Waals surface area contributed by atoms with Crippen LogP contribution in [0.15, 0.2) is 18.2 Å². The number of piperidine rings is 1. The number of ether oxygens (including phenoxy) is 2. The number of carbonyl (C=O) groups is 1. The molecule has 2 N–H and O–H groups in total. The summed E-state index contributed by atoms with van der Waals surface area (Å²) in [7, 11) is 3.24. The molecule has 0 radical (unpaired) electrons. The van der Waals surface area contributed by atoms with Crippen LogP contribution >= 0.6 is 0 Å². The number of amides is 1. The van der Waals surface area contributed by atoms with Gasteiger partial charge in [-0.15, -0.1) is 0 Å². The summed E-state index contributed by atoms with van der Waals surface area (Å²) in [5, 5.41) is 6.32. The van der Waals surface area contributed by atoms with Crippen LogP contribution in [0.2, 0.25) is 0 Å². The van der Waals surface area contributed by atoms with Crippen molar-refractivity contribution in [3.05, 3.63) is 23.8 Å². The van der Waals surface area contributed by atoms with Gasteiger partial charge < -0.3 is 20.1 Å². The highest BCUT2D eigenvalue weighted by molar-refractivity contribution is 5.82. The number of hydrogen-bond acceptors (Lipinski definition) is 4. The number of carbonyl (C=O) groups excluding carboxylic acids is 1. The van der Waals surface area contributed by atoms with E-state index in [2.05, 4.69) is 10.6 Å². The minimum absolute atomic E-state index is 0.0556. The van der Waals surface area contributed by atoms with E-state index in [-0.39, 0.29) is 18.0 Å². The molecular weight excluding hydrogens is 268 g/mol. The molecule has 1 amide bonds. The summed E-state index contributed by atoms with van der Waals surface area (Å²) in [6, 6.07) is 5.44. The van der Waals surface area contributed by atoms with Gasteiger partial charge in [-0.25, -0.2) is 0 Å². The molecule has 1 unspecified atom stereocenters. The molecule has 0 bridgehead atoms. The summed E-state index contributed by atoms with van der Waals surface area (Å²) in [4.78, 5) is 12.3. The Morgan fingerprint density at radius 3 is 2.76 bits per heavy atom. The monoisotopic (exact) mass is 292 g/mol. The summed E-state index contributed by atoms with van der Waals surface area (Å²) in [6.07, 6.45) is 3.15. The Bertz CT molecular complexity index is 484. The second kappa shape index (κ2) is 7.31. The first-order valence-electron chi connectivity index (χ1n) is 7.41. The van der Waals surface area contributed by atoms with Crippen molar-refractivity contribution in [2.45, 2.75) is 38.3 Å². The Labute approximate surface area is 126 Å². The Kier molecular flexibility index (Phi) is 5.44. The van der Waals surface area contributed by atoms with E-state index < -0.39 is 0 Å². The fraction of sp³-hybridized carbons (Fsp3) is 0.562. The smallest absolute Gasteiger partial charge is 0.237 e. The molecule has 5 heteroatoms. The molecule has 1 heterocycles. The van der Waals surface area contributed by atoms with Crippen molar-refractivity contribution in [3.63, 3.8) is 0 Å². The maximum absolute atomic E-state index is 12.3. The third-order valence-corrected chi connectivity index (χ3v) is 3.89. The van der Waals surface area contributed by atoms with Gasteiger partial charge in [-0.05, 0) is 38.4 Å². The zero-order valence-electron chi connectivity index (χ0n) is 12.9. The summed E-state index contributed by atoms with van der Waals surface area (Å²) in [5.41, 5.74) is 0.947. The molecule has 0 spiro atoms. The predicted molar refractivity (Wildman–Crippen MR) is 81.7 cm³/mol. The highest BCUT2D eigenvalue weighted by Crippen LogP contribution is 2.29. The number of rotatable bonds is 5. The van der Waals surface area contributed by atoms with Gasteiger partial charge in [0.1, 0.15) is 11.5 Å². The first-order chi connectivity index (χ1) is 10.2. The topological polar surface area (TPSA) is 59.6 Å². The van der Waals surface area contributed by atoms with E-state index >= 15 is 0 Å². The molecule has 21 heavy (non-hydrogen) atoms. The Morgan fingerprint density at radius 2 is 2.14 bits per heavy atom. The van der Waals surface area contributed by atoms with Crippen LogP contribution in [0.4, 0.5) is 0 Å². The lowest BCUT2D eigenvalue weighted by atomic mass is 10.0. The fourth-order valence-corrected chi connectivity index (χ4v) is 2.64. The van der Waals surface area contributed by atoms with Gasteiger partial charge in [0.2, 0.25) is 5.91 Å². The van der Waals surface area contributed by atoms with Crippen LogP contribution in [0, 0.1) is 0 Å². The lowest BCUT2D eigenvalue weighted by Gasteiger charge is -2.25. The van der Waals surface area contributed by atoms with E-state index in [9.17, 15) is 4.79 Å². The molecule has 0 aromatic heterocycles. The molecule has 0 saturated carbocycles. The summed E-state index contributed by atoms with van der Waals surface area (Å²) in [6.45, 7) is 2.88. The Balaban J connectivity index is 2.05. The van der Waals surface area contributed by atoms with E-state index in [1.165, 1.54) is 0 Å². The molecule has 116 valence electrons. The third kappa shape index (κ3) is 3.88. The second-order valence-electron chi connectivity index (χ2n) is 5.34. The van der Waals surface area contributed by atoms with E-state index in [0.29, 0.717) is 0 Å². The summed E-state index contributed by atoms with van der Waals surface area (Å²) in [5.74, 6) is 1.52. The SMILES string of the molecule is COc1ccc(C(C)NC(=O)[C@@H]2CCCCN2)c(OC)c1. The standard InChI is InChI=1S/C16H24N2O3/c1-11(18-16(19)14-6-4-5-9-17-14)13-8-7-12(20-2)10-15(13)21-3/h7-8,10-11,14,17H,4-6,9H2,1-3H3,(H,18,19)/t11?,14-/m0/s1. The van der Waals surface area contributed by atoms with Gasteiger partial charge in [-0.1, -0.05) is 6.42 Å². The van der Waals surface area contributed by atoms with Crippen LogP contribution in [0.1, 0.15) is 37.8 Å². The highest BCUT2D eigenvalue weighted by atomic mass is 16.5. The van der Waals surface area contributed by atoms with Crippen LogP contribution in [0.25, 0.3) is 0 Å². The molecule has 0 aliphatic carbocycles. The van der Waals surface area contributed by atoms with Crippen LogP contribution in [-0.4, -0.2) is 32.7 Å². The lowest BCUT2D eigenvalue weighted by molar-refractivity contribution is -0.124. The van der Waals surface area contributed by atoms with Crippen molar-refractivity contribution in [2.75, 3.05) is 20.8 Å². The van der Waals surface area contributed by atoms with Crippen molar-refractivity contribution >= 4 is 5.91 Å². The molecule has 1 aliphatic rings. The molecular formula is C16H24N2O3. The van der Waals surface area contributed by atoms with Crippen molar-refractivity contribution in [1.82, 2.24) is 10.6 Å². The first-order valence-corrected chi connectivity index (χ1v) is 7.41. The average Bonchev–Trinajstić information content (AvgIpc) is 2.54. The van der Waals surface area contributed by atoms with Gasteiger partial charge in [-0.2, -0.15) is 0 Å². The quantitative estimate of drug-likeness (QED) is 0.872. The summed E-state index contributed by atoms with van der Waals surface area (Å²) < 4.78 is 10.6. The fourth-order valence-electron chi connectivity index (χ4n) is 2.64. The molecule has 2 rings (SSSR count). The second-order valence-corrected chi connectivity index (χ2v) is 5.34. The zero-order valence-corrected chi connectivity index (χ0v) is 12.9. The van der Waals surface area contributed by atoms with Crippen LogP contribution < -0.4 is 20.1 Å². The first kappa shape index (κ1) is 15.6. The largest absolute Gasteiger partial charge is 0.497 e. The number of benzene rings is 1. The minimum atomic E-state index is -0.109. The Hall–Kier alpha value is -1.75. The van der Waals surface area contributed by atoms with E-state index in [0.717, 1.165) is 42.9 Å². The lowest BCUT2D eigenvalue weighted by Crippen LogP contribution is -2.47. The van der Waals surface area contributed by atoms with Gasteiger partial charge in [-0.3, -0.25) is 4.79 Å². The molecule has 1 fully saturated rings. The van der Waals surface area contributed by atoms with Gasteiger partial charge in [0.15, 0.2) is 0 Å². The maximum atomic E-state index is 12.3. The van der Waals surface area contributed by atoms with E-state index in [4.69, 9.17) is 9.47 Å². The molecule has 5 nitrogen and oxygen atoms in total. The number of nitrogens with one attached hydrogen (secondary N) is 2. The van der Waals surface area contributed by atoms with Crippen molar-refractivity contribution in [1.29, 1.82) is 0 Å². The number of hydrogen-bond donors (Lipinski definition) is 2. The minimum Gasteiger partial charge on any atom is -0.497 e. The zero-order chi connectivity index (χ0) is 15.2. The molecule has 1 aromatic rings. The van der Waals surface area contributed by atoms with E-state index in [1.807, 2.05) is 25.1 Å². The van der Waals surface area contributed by atoms with E-state index in [1.54, 1.807) is 14.2 Å². The highest BCUT2D eigenvalue weighted by Gasteiger charge is 2.23. The van der Waals surface area contributed by atoms with Crippen LogP contribution in [0.3, 0.4) is 0 Å². The molecule has 1 aromatic carbocycles. The van der Waals surface area contributed by atoms with Crippen LogP contribution in [0.5, 0.6) is 11.5 Å². The van der Waals surface area contributed by atoms with Crippen molar-refractivity contribution in [2.24, 2.45) is 0 Å².